The fourth-order valence-electron chi connectivity index (χ4n) is 3.58. The number of carbonyl (C=O) groups excluding carboxylic acids is 1. The maximum Gasteiger partial charge on any atom is 0.263 e. The van der Waals surface area contributed by atoms with Gasteiger partial charge in [-0.05, 0) is 48.2 Å². The molecule has 2 heterocycles. The smallest absolute Gasteiger partial charge is 0.263 e. The summed E-state index contributed by atoms with van der Waals surface area (Å²) in [5.41, 5.74) is 3.35. The molecule has 2 N–H and O–H groups in total. The van der Waals surface area contributed by atoms with Gasteiger partial charge in [0.15, 0.2) is 0 Å². The number of hydrogen-bond donors (Lipinski definition) is 2. The van der Waals surface area contributed by atoms with E-state index < -0.39 is 6.04 Å². The molecule has 0 spiro atoms. The summed E-state index contributed by atoms with van der Waals surface area (Å²) in [5, 5.41) is 14.7. The highest BCUT2D eigenvalue weighted by atomic mass is 32.1. The molecule has 2 aromatic heterocycles. The van der Waals surface area contributed by atoms with Crippen molar-refractivity contribution in [1.29, 1.82) is 0 Å². The van der Waals surface area contributed by atoms with Gasteiger partial charge in [0.05, 0.1) is 11.7 Å². The number of aromatic hydroxyl groups is 1. The lowest BCUT2D eigenvalue weighted by molar-refractivity contribution is -0.119. The zero-order valence-corrected chi connectivity index (χ0v) is 18.1. The van der Waals surface area contributed by atoms with Crippen LogP contribution in [0.5, 0.6) is 5.75 Å². The minimum atomic E-state index is -0.701. The molecule has 0 fully saturated rings. The third-order valence-electron chi connectivity index (χ3n) is 5.35. The first-order valence-electron chi connectivity index (χ1n) is 10.2. The number of nitrogens with zero attached hydrogens (tertiary/aromatic N) is 2. The maximum atomic E-state index is 13.4. The Morgan fingerprint density at radius 2 is 1.84 bits per heavy atom. The number of aromatic nitrogens is 2. The number of thiophene rings is 1. The van der Waals surface area contributed by atoms with Crippen LogP contribution in [-0.2, 0) is 11.2 Å². The minimum absolute atomic E-state index is 0.118. The summed E-state index contributed by atoms with van der Waals surface area (Å²) >= 11 is 1.42. The molecule has 4 rings (SSSR count). The molecule has 0 saturated carbocycles. The number of benzene rings is 2. The quantitative estimate of drug-likeness (QED) is 0.420. The second-order valence-electron chi connectivity index (χ2n) is 7.30. The molecule has 1 unspecified atom stereocenters. The van der Waals surface area contributed by atoms with Crippen molar-refractivity contribution in [2.75, 3.05) is 5.32 Å². The van der Waals surface area contributed by atoms with Gasteiger partial charge in [-0.1, -0.05) is 38.1 Å². The molecule has 7 heteroatoms. The van der Waals surface area contributed by atoms with Crippen LogP contribution in [0.2, 0.25) is 0 Å². The molecule has 4 aromatic rings. The Hall–Kier alpha value is -3.45. The number of amides is 1. The number of fused-ring (bicyclic) bond motifs is 1. The average Bonchev–Trinajstić information content (AvgIpc) is 3.22. The van der Waals surface area contributed by atoms with Gasteiger partial charge in [-0.2, -0.15) is 0 Å². The van der Waals surface area contributed by atoms with E-state index in [1.807, 2.05) is 24.4 Å². The van der Waals surface area contributed by atoms with E-state index in [0.29, 0.717) is 22.3 Å². The maximum absolute atomic E-state index is 13.4. The topological polar surface area (TPSA) is 84.2 Å². The summed E-state index contributed by atoms with van der Waals surface area (Å²) in [7, 11) is 0. The summed E-state index contributed by atoms with van der Waals surface area (Å²) < 4.78 is 1.41. The van der Waals surface area contributed by atoms with Crippen LogP contribution in [0.3, 0.4) is 0 Å². The Morgan fingerprint density at radius 3 is 2.48 bits per heavy atom. The molecule has 158 valence electrons. The van der Waals surface area contributed by atoms with Crippen molar-refractivity contribution >= 4 is 33.1 Å². The van der Waals surface area contributed by atoms with Gasteiger partial charge in [0.25, 0.3) is 5.56 Å². The van der Waals surface area contributed by atoms with E-state index in [1.54, 1.807) is 12.1 Å². The second-order valence-corrected chi connectivity index (χ2v) is 8.16. The van der Waals surface area contributed by atoms with Crippen LogP contribution in [0.25, 0.3) is 21.3 Å². The van der Waals surface area contributed by atoms with Crippen LogP contribution in [0, 0.1) is 0 Å². The van der Waals surface area contributed by atoms with Crippen LogP contribution in [0.1, 0.15) is 31.9 Å². The molecule has 31 heavy (non-hydrogen) atoms. The molecule has 0 saturated heterocycles. The summed E-state index contributed by atoms with van der Waals surface area (Å²) in [6.45, 7) is 3.96. The van der Waals surface area contributed by atoms with E-state index in [-0.39, 0.29) is 17.2 Å². The van der Waals surface area contributed by atoms with E-state index in [9.17, 15) is 14.7 Å². The third-order valence-corrected chi connectivity index (χ3v) is 6.24. The van der Waals surface area contributed by atoms with Gasteiger partial charge in [0.2, 0.25) is 5.91 Å². The Kier molecular flexibility index (Phi) is 5.86. The highest BCUT2D eigenvalue weighted by Gasteiger charge is 2.23. The predicted molar refractivity (Wildman–Crippen MR) is 125 cm³/mol. The highest BCUT2D eigenvalue weighted by molar-refractivity contribution is 7.17. The Morgan fingerprint density at radius 1 is 1.13 bits per heavy atom. The Bertz CT molecular complexity index is 1270. The second kappa shape index (κ2) is 8.73. The van der Waals surface area contributed by atoms with Crippen LogP contribution >= 0.6 is 11.3 Å². The Labute approximate surface area is 183 Å². The van der Waals surface area contributed by atoms with Crippen LogP contribution in [0.4, 0.5) is 5.69 Å². The summed E-state index contributed by atoms with van der Waals surface area (Å²) in [6.07, 6.45) is 2.84. The molecule has 0 aliphatic heterocycles. The van der Waals surface area contributed by atoms with Gasteiger partial charge in [-0.3, -0.25) is 14.2 Å². The first kappa shape index (κ1) is 20.8. The average molecular weight is 434 g/mol. The number of nitrogens with one attached hydrogen (secondary N) is 1. The van der Waals surface area contributed by atoms with E-state index in [0.717, 1.165) is 17.5 Å². The lowest BCUT2D eigenvalue weighted by Crippen LogP contribution is -2.33. The van der Waals surface area contributed by atoms with Crippen molar-refractivity contribution in [3.63, 3.8) is 0 Å². The van der Waals surface area contributed by atoms with Crippen molar-refractivity contribution in [3.05, 3.63) is 76.2 Å². The summed E-state index contributed by atoms with van der Waals surface area (Å²) in [5.74, 6) is -0.187. The summed E-state index contributed by atoms with van der Waals surface area (Å²) in [4.78, 5) is 31.5. The lowest BCUT2D eigenvalue weighted by Gasteiger charge is -2.18. The molecule has 0 radical (unpaired) electrons. The van der Waals surface area contributed by atoms with Gasteiger partial charge in [-0.15, -0.1) is 11.3 Å². The van der Waals surface area contributed by atoms with Crippen LogP contribution < -0.4 is 10.9 Å². The van der Waals surface area contributed by atoms with Gasteiger partial charge in [0.1, 0.15) is 16.6 Å². The number of phenols is 1. The number of hydrogen-bond acceptors (Lipinski definition) is 5. The number of aryl methyl sites for hydroxylation is 1. The molecule has 0 bridgehead atoms. The monoisotopic (exact) mass is 433 g/mol. The SMILES string of the molecule is CCc1ccc(-c2csc3ncn(C(CC)C(=O)Nc4ccc(O)cc4)c(=O)c23)cc1. The third kappa shape index (κ3) is 4.09. The van der Waals surface area contributed by atoms with E-state index in [4.69, 9.17) is 0 Å². The van der Waals surface area contributed by atoms with Crippen LogP contribution in [-0.4, -0.2) is 20.6 Å². The van der Waals surface area contributed by atoms with Gasteiger partial charge in [0, 0.05) is 16.6 Å². The normalized spacial score (nSPS) is 12.1. The molecule has 0 aliphatic rings. The molecule has 6 nitrogen and oxygen atoms in total. The Balaban J connectivity index is 1.72. The number of carbonyl (C=O) groups is 1. The number of rotatable bonds is 6. The molecule has 1 atom stereocenters. The first-order chi connectivity index (χ1) is 15.0. The van der Waals surface area contributed by atoms with Crippen molar-refractivity contribution in [2.45, 2.75) is 32.7 Å². The van der Waals surface area contributed by atoms with E-state index >= 15 is 0 Å². The van der Waals surface area contributed by atoms with E-state index in [2.05, 4.69) is 29.4 Å². The van der Waals surface area contributed by atoms with Crippen molar-refractivity contribution < 1.29 is 9.90 Å². The lowest BCUT2D eigenvalue weighted by atomic mass is 10.0. The fourth-order valence-corrected chi connectivity index (χ4v) is 4.49. The van der Waals surface area contributed by atoms with E-state index in [1.165, 1.54) is 39.9 Å². The van der Waals surface area contributed by atoms with Crippen molar-refractivity contribution in [2.24, 2.45) is 0 Å². The largest absolute Gasteiger partial charge is 0.508 e. The standard InChI is InChI=1S/C24H23N3O3S/c1-3-15-5-7-16(8-6-15)19-13-31-23-21(19)24(30)27(14-25-23)20(4-2)22(29)26-17-9-11-18(28)12-10-17/h5-14,20,28H,3-4H2,1-2H3,(H,26,29). The van der Waals surface area contributed by atoms with Gasteiger partial charge < -0.3 is 10.4 Å². The minimum Gasteiger partial charge on any atom is -0.508 e. The fraction of sp³-hybridized carbons (Fsp3) is 0.208. The van der Waals surface area contributed by atoms with Crippen molar-refractivity contribution in [1.82, 2.24) is 9.55 Å². The zero-order chi connectivity index (χ0) is 22.0. The number of anilines is 1. The first-order valence-corrected chi connectivity index (χ1v) is 11.1. The molecule has 0 aliphatic carbocycles. The van der Waals surface area contributed by atoms with Crippen LogP contribution in [0.15, 0.2) is 65.0 Å². The highest BCUT2D eigenvalue weighted by Crippen LogP contribution is 2.31. The van der Waals surface area contributed by atoms with Crippen molar-refractivity contribution in [3.8, 4) is 16.9 Å². The van der Waals surface area contributed by atoms with Gasteiger partial charge >= 0.3 is 0 Å². The molecular formula is C24H23N3O3S. The number of phenolic OH excluding ortho intramolecular Hbond substituents is 1. The molecular weight excluding hydrogens is 410 g/mol. The molecule has 1 amide bonds. The molecule has 2 aromatic carbocycles. The summed E-state index contributed by atoms with van der Waals surface area (Å²) in [6, 6.07) is 13.7. The predicted octanol–water partition coefficient (Wildman–Crippen LogP) is 4.98. The zero-order valence-electron chi connectivity index (χ0n) is 17.3. The van der Waals surface area contributed by atoms with Gasteiger partial charge in [-0.25, -0.2) is 4.98 Å².